The number of ether oxygens (including phenoxy) is 2. The standard InChI is InChI=1S/C18H21NO4S/c1-18(2,3)19-16(20)15(12-7-9-13(22-4)10-8-12)23-17(21)14-6-5-11-24-14/h5-11,15H,1-4H3,(H,19,20). The number of carbonyl (C=O) groups is 2. The average Bonchev–Trinajstić information content (AvgIpc) is 3.05. The van der Waals surface area contributed by atoms with Crippen molar-refractivity contribution < 1.29 is 19.1 Å². The minimum absolute atomic E-state index is 0.363. The lowest BCUT2D eigenvalue weighted by molar-refractivity contribution is -0.131. The third kappa shape index (κ3) is 4.83. The normalized spacial score (nSPS) is 12.3. The lowest BCUT2D eigenvalue weighted by Crippen LogP contribution is -2.44. The molecule has 0 bridgehead atoms. The van der Waals surface area contributed by atoms with Crippen LogP contribution in [0.15, 0.2) is 41.8 Å². The van der Waals surface area contributed by atoms with Crippen LogP contribution in [0, 0.1) is 0 Å². The molecular formula is C18H21NO4S. The van der Waals surface area contributed by atoms with E-state index >= 15 is 0 Å². The molecule has 24 heavy (non-hydrogen) atoms. The number of amides is 1. The van der Waals surface area contributed by atoms with Gasteiger partial charge in [-0.25, -0.2) is 4.79 Å². The zero-order chi connectivity index (χ0) is 17.7. The molecule has 0 fully saturated rings. The van der Waals surface area contributed by atoms with Crippen molar-refractivity contribution in [1.29, 1.82) is 0 Å². The summed E-state index contributed by atoms with van der Waals surface area (Å²) < 4.78 is 10.6. The van der Waals surface area contributed by atoms with Crippen LogP contribution in [0.3, 0.4) is 0 Å². The summed E-state index contributed by atoms with van der Waals surface area (Å²) in [6, 6.07) is 10.3. The number of hydrogen-bond donors (Lipinski definition) is 1. The van der Waals surface area contributed by atoms with Crippen molar-refractivity contribution in [2.24, 2.45) is 0 Å². The molecule has 5 nitrogen and oxygen atoms in total. The van der Waals surface area contributed by atoms with Gasteiger partial charge < -0.3 is 14.8 Å². The number of thiophene rings is 1. The van der Waals surface area contributed by atoms with Crippen molar-refractivity contribution in [2.75, 3.05) is 7.11 Å². The Balaban J connectivity index is 2.26. The van der Waals surface area contributed by atoms with E-state index in [2.05, 4.69) is 5.32 Å². The van der Waals surface area contributed by atoms with Crippen molar-refractivity contribution in [2.45, 2.75) is 32.4 Å². The van der Waals surface area contributed by atoms with Gasteiger partial charge in [-0.15, -0.1) is 11.3 Å². The fourth-order valence-electron chi connectivity index (χ4n) is 2.05. The number of hydrogen-bond acceptors (Lipinski definition) is 5. The number of rotatable bonds is 5. The Labute approximate surface area is 145 Å². The van der Waals surface area contributed by atoms with Gasteiger partial charge >= 0.3 is 5.97 Å². The number of carbonyl (C=O) groups excluding carboxylic acids is 2. The Morgan fingerprint density at radius 3 is 2.29 bits per heavy atom. The molecule has 2 aromatic rings. The van der Waals surface area contributed by atoms with Crippen molar-refractivity contribution in [3.05, 3.63) is 52.2 Å². The maximum absolute atomic E-state index is 12.6. The highest BCUT2D eigenvalue weighted by Gasteiger charge is 2.28. The van der Waals surface area contributed by atoms with E-state index in [0.29, 0.717) is 16.2 Å². The van der Waals surface area contributed by atoms with E-state index in [1.165, 1.54) is 11.3 Å². The molecule has 0 saturated carbocycles. The molecule has 0 aliphatic heterocycles. The SMILES string of the molecule is COc1ccc(C(OC(=O)c2cccs2)C(=O)NC(C)(C)C)cc1. The predicted molar refractivity (Wildman–Crippen MR) is 93.4 cm³/mol. The van der Waals surface area contributed by atoms with Crippen LogP contribution in [0.25, 0.3) is 0 Å². The molecule has 0 radical (unpaired) electrons. The molecule has 0 aliphatic carbocycles. The highest BCUT2D eigenvalue weighted by Crippen LogP contribution is 2.24. The Morgan fingerprint density at radius 2 is 1.79 bits per heavy atom. The van der Waals surface area contributed by atoms with Crippen LogP contribution in [0.4, 0.5) is 0 Å². The van der Waals surface area contributed by atoms with Crippen molar-refractivity contribution in [3.63, 3.8) is 0 Å². The zero-order valence-electron chi connectivity index (χ0n) is 14.2. The van der Waals surface area contributed by atoms with Crippen LogP contribution in [0.1, 0.15) is 42.1 Å². The van der Waals surface area contributed by atoms with E-state index in [1.807, 2.05) is 20.8 Å². The summed E-state index contributed by atoms with van der Waals surface area (Å²) in [6.07, 6.45) is -1.02. The maximum Gasteiger partial charge on any atom is 0.349 e. The first-order valence-corrected chi connectivity index (χ1v) is 8.38. The van der Waals surface area contributed by atoms with Gasteiger partial charge in [0.1, 0.15) is 10.6 Å². The minimum atomic E-state index is -1.02. The van der Waals surface area contributed by atoms with Crippen LogP contribution < -0.4 is 10.1 Å². The van der Waals surface area contributed by atoms with Crippen molar-refractivity contribution >= 4 is 23.2 Å². The first-order chi connectivity index (χ1) is 11.3. The molecular weight excluding hydrogens is 326 g/mol. The minimum Gasteiger partial charge on any atom is -0.497 e. The summed E-state index contributed by atoms with van der Waals surface area (Å²) in [4.78, 5) is 25.3. The molecule has 1 aromatic heterocycles. The first-order valence-electron chi connectivity index (χ1n) is 7.50. The van der Waals surface area contributed by atoms with Gasteiger partial charge in [0, 0.05) is 11.1 Å². The second-order valence-electron chi connectivity index (χ2n) is 6.28. The third-order valence-electron chi connectivity index (χ3n) is 3.10. The highest BCUT2D eigenvalue weighted by molar-refractivity contribution is 7.11. The Morgan fingerprint density at radius 1 is 1.12 bits per heavy atom. The second kappa shape index (κ2) is 7.49. The lowest BCUT2D eigenvalue weighted by Gasteiger charge is -2.25. The fourth-order valence-corrected chi connectivity index (χ4v) is 2.65. The Hall–Kier alpha value is -2.34. The number of nitrogens with one attached hydrogen (secondary N) is 1. The molecule has 1 unspecified atom stereocenters. The predicted octanol–water partition coefficient (Wildman–Crippen LogP) is 3.57. The second-order valence-corrected chi connectivity index (χ2v) is 7.22. The van der Waals surface area contributed by atoms with E-state index < -0.39 is 17.6 Å². The van der Waals surface area contributed by atoms with Crippen LogP contribution in [-0.2, 0) is 9.53 Å². The van der Waals surface area contributed by atoms with Gasteiger partial charge in [-0.3, -0.25) is 4.79 Å². The summed E-state index contributed by atoms with van der Waals surface area (Å²) in [6.45, 7) is 5.62. The highest BCUT2D eigenvalue weighted by atomic mass is 32.1. The molecule has 1 atom stereocenters. The lowest BCUT2D eigenvalue weighted by atomic mass is 10.0. The monoisotopic (exact) mass is 347 g/mol. The van der Waals surface area contributed by atoms with E-state index in [-0.39, 0.29) is 5.91 Å². The summed E-state index contributed by atoms with van der Waals surface area (Å²) in [5, 5.41) is 4.64. The van der Waals surface area contributed by atoms with Crippen LogP contribution in [-0.4, -0.2) is 24.5 Å². The summed E-state index contributed by atoms with van der Waals surface area (Å²) >= 11 is 1.27. The average molecular weight is 347 g/mol. The van der Waals surface area contributed by atoms with Crippen LogP contribution in [0.2, 0.25) is 0 Å². The summed E-state index contributed by atoms with van der Waals surface area (Å²) in [5.74, 6) is -0.217. The molecule has 128 valence electrons. The van der Waals surface area contributed by atoms with Gasteiger partial charge in [-0.05, 0) is 44.4 Å². The van der Waals surface area contributed by atoms with Crippen molar-refractivity contribution in [3.8, 4) is 5.75 Å². The third-order valence-corrected chi connectivity index (χ3v) is 3.95. The first kappa shape index (κ1) is 18.0. The van der Waals surface area contributed by atoms with Crippen LogP contribution in [0.5, 0.6) is 5.75 Å². The summed E-state index contributed by atoms with van der Waals surface area (Å²) in [7, 11) is 1.57. The number of esters is 1. The van der Waals surface area contributed by atoms with Gasteiger partial charge in [-0.1, -0.05) is 18.2 Å². The molecule has 1 N–H and O–H groups in total. The Bertz CT molecular complexity index is 687. The molecule has 0 spiro atoms. The zero-order valence-corrected chi connectivity index (χ0v) is 15.0. The molecule has 0 saturated heterocycles. The molecule has 1 heterocycles. The van der Waals surface area contributed by atoms with Gasteiger partial charge in [0.15, 0.2) is 0 Å². The topological polar surface area (TPSA) is 64.6 Å². The van der Waals surface area contributed by atoms with E-state index in [0.717, 1.165) is 0 Å². The van der Waals surface area contributed by atoms with Gasteiger partial charge in [-0.2, -0.15) is 0 Å². The molecule has 0 aliphatic rings. The van der Waals surface area contributed by atoms with E-state index in [4.69, 9.17) is 9.47 Å². The molecule has 2 rings (SSSR count). The van der Waals surface area contributed by atoms with Gasteiger partial charge in [0.05, 0.1) is 7.11 Å². The summed E-state index contributed by atoms with van der Waals surface area (Å²) in [5.41, 5.74) is 0.152. The number of methoxy groups -OCH3 is 1. The fraction of sp³-hybridized carbons (Fsp3) is 0.333. The van der Waals surface area contributed by atoms with E-state index in [1.54, 1.807) is 48.9 Å². The quantitative estimate of drug-likeness (QED) is 0.840. The smallest absolute Gasteiger partial charge is 0.349 e. The maximum atomic E-state index is 12.6. The molecule has 1 aromatic carbocycles. The van der Waals surface area contributed by atoms with Crippen LogP contribution >= 0.6 is 11.3 Å². The van der Waals surface area contributed by atoms with Crippen molar-refractivity contribution in [1.82, 2.24) is 5.32 Å². The molecule has 1 amide bonds. The Kier molecular flexibility index (Phi) is 5.62. The van der Waals surface area contributed by atoms with Gasteiger partial charge in [0.2, 0.25) is 6.10 Å². The van der Waals surface area contributed by atoms with E-state index in [9.17, 15) is 9.59 Å². The van der Waals surface area contributed by atoms with Gasteiger partial charge in [0.25, 0.3) is 5.91 Å². The number of benzene rings is 1. The molecule has 6 heteroatoms. The largest absolute Gasteiger partial charge is 0.497 e.